The number of ether oxygens (including phenoxy) is 2. The van der Waals surface area contributed by atoms with Crippen LogP contribution in [0.1, 0.15) is 52.0 Å². The number of aromatic nitrogens is 1. The Morgan fingerprint density at radius 1 is 1.15 bits per heavy atom. The van der Waals surface area contributed by atoms with Gasteiger partial charge in [-0.25, -0.2) is 9.18 Å². The number of esters is 1. The number of rotatable bonds is 4. The number of halogens is 2. The molecule has 3 aromatic rings. The van der Waals surface area contributed by atoms with Crippen LogP contribution in [0.15, 0.2) is 48.7 Å². The first-order valence-corrected chi connectivity index (χ1v) is 11.7. The molecule has 7 heteroatoms. The van der Waals surface area contributed by atoms with Gasteiger partial charge >= 0.3 is 5.97 Å². The van der Waals surface area contributed by atoms with Crippen LogP contribution in [0.2, 0.25) is 5.02 Å². The van der Waals surface area contributed by atoms with Gasteiger partial charge in [0, 0.05) is 33.7 Å². The molecule has 2 aromatic carbocycles. The maximum atomic E-state index is 14.8. The Morgan fingerprint density at radius 2 is 1.91 bits per heavy atom. The van der Waals surface area contributed by atoms with E-state index >= 15 is 0 Å². The van der Waals surface area contributed by atoms with Crippen molar-refractivity contribution >= 4 is 34.3 Å². The summed E-state index contributed by atoms with van der Waals surface area (Å²) in [6.07, 6.45) is 4.24. The van der Waals surface area contributed by atoms with Gasteiger partial charge in [-0.1, -0.05) is 35.9 Å². The molecule has 2 fully saturated rings. The van der Waals surface area contributed by atoms with E-state index in [2.05, 4.69) is 0 Å². The first-order valence-electron chi connectivity index (χ1n) is 11.3. The van der Waals surface area contributed by atoms with Crippen molar-refractivity contribution in [1.29, 1.82) is 0 Å². The number of ketones is 1. The van der Waals surface area contributed by atoms with Gasteiger partial charge < -0.3 is 14.0 Å². The summed E-state index contributed by atoms with van der Waals surface area (Å²) in [4.78, 5) is 26.0. The van der Waals surface area contributed by atoms with Gasteiger partial charge in [-0.15, -0.1) is 0 Å². The molecule has 0 amide bonds. The number of hydrogen-bond acceptors (Lipinski definition) is 4. The summed E-state index contributed by atoms with van der Waals surface area (Å²) in [5.74, 6) is -0.412. The van der Waals surface area contributed by atoms with Crippen LogP contribution < -0.4 is 0 Å². The third kappa shape index (κ3) is 3.30. The zero-order chi connectivity index (χ0) is 22.8. The SMILES string of the molecule is O=C1OC2(CCC(C(=O)c3cn(CC4(F)COC4)c4cc(Cl)ccc34)CC2)c2ccccc21. The van der Waals surface area contributed by atoms with Crippen molar-refractivity contribution in [3.8, 4) is 0 Å². The molecule has 3 aliphatic rings. The summed E-state index contributed by atoms with van der Waals surface area (Å²) in [6, 6.07) is 12.9. The van der Waals surface area contributed by atoms with E-state index in [1.807, 2.05) is 24.3 Å². The van der Waals surface area contributed by atoms with Gasteiger partial charge in [-0.05, 0) is 43.9 Å². The highest BCUT2D eigenvalue weighted by molar-refractivity contribution is 6.31. The molecule has 0 atom stereocenters. The van der Waals surface area contributed by atoms with Gasteiger partial charge in [-0.3, -0.25) is 4.79 Å². The van der Waals surface area contributed by atoms with Crippen LogP contribution in [0.5, 0.6) is 0 Å². The molecule has 6 rings (SSSR count). The number of carbonyl (C=O) groups excluding carboxylic acids is 2. The quantitative estimate of drug-likeness (QED) is 0.377. The summed E-state index contributed by atoms with van der Waals surface area (Å²) in [5, 5.41) is 1.33. The number of hydrogen-bond donors (Lipinski definition) is 0. The Kier molecular flexibility index (Phi) is 4.68. The third-order valence-electron chi connectivity index (χ3n) is 7.37. The van der Waals surface area contributed by atoms with Gasteiger partial charge in [0.05, 0.1) is 30.8 Å². The van der Waals surface area contributed by atoms with Crippen molar-refractivity contribution in [2.45, 2.75) is 43.5 Å². The van der Waals surface area contributed by atoms with Gasteiger partial charge in [0.2, 0.25) is 0 Å². The summed E-state index contributed by atoms with van der Waals surface area (Å²) in [6.45, 7) is 0.237. The second-order valence-corrected chi connectivity index (χ2v) is 9.98. The molecule has 1 aromatic heterocycles. The van der Waals surface area contributed by atoms with Crippen LogP contribution in [0.25, 0.3) is 10.9 Å². The minimum atomic E-state index is -1.43. The molecule has 170 valence electrons. The monoisotopic (exact) mass is 467 g/mol. The molecule has 3 heterocycles. The molecule has 1 spiro atoms. The fourth-order valence-corrected chi connectivity index (χ4v) is 5.76. The first kappa shape index (κ1) is 20.9. The molecule has 1 saturated heterocycles. The first-order chi connectivity index (χ1) is 15.9. The van der Waals surface area contributed by atoms with Gasteiger partial charge in [0.25, 0.3) is 0 Å². The minimum absolute atomic E-state index is 0.0475. The highest BCUT2D eigenvalue weighted by Gasteiger charge is 2.48. The van der Waals surface area contributed by atoms with Gasteiger partial charge in [0.1, 0.15) is 5.60 Å². The van der Waals surface area contributed by atoms with Crippen molar-refractivity contribution in [2.75, 3.05) is 13.2 Å². The smallest absolute Gasteiger partial charge is 0.339 e. The Morgan fingerprint density at radius 3 is 2.64 bits per heavy atom. The predicted molar refractivity (Wildman–Crippen MR) is 121 cm³/mol. The van der Waals surface area contributed by atoms with Crippen LogP contribution in [0, 0.1) is 5.92 Å². The highest BCUT2D eigenvalue weighted by atomic mass is 35.5. The lowest BCUT2D eigenvalue weighted by Gasteiger charge is -2.36. The maximum absolute atomic E-state index is 14.8. The molecule has 33 heavy (non-hydrogen) atoms. The summed E-state index contributed by atoms with van der Waals surface area (Å²) < 4.78 is 27.5. The van der Waals surface area contributed by atoms with E-state index in [1.54, 1.807) is 29.0 Å². The van der Waals surface area contributed by atoms with Crippen LogP contribution in [-0.4, -0.2) is 35.2 Å². The Bertz CT molecular complexity index is 1290. The Labute approximate surface area is 195 Å². The Hall–Kier alpha value is -2.70. The molecule has 0 bridgehead atoms. The molecular weight excluding hydrogens is 445 g/mol. The summed E-state index contributed by atoms with van der Waals surface area (Å²) in [5.41, 5.74) is 0.851. The van der Waals surface area contributed by atoms with Crippen LogP contribution >= 0.6 is 11.6 Å². The predicted octanol–water partition coefficient (Wildman–Crippen LogP) is 5.47. The Balaban J connectivity index is 1.28. The number of alkyl halides is 1. The standard InChI is InChI=1S/C26H23ClFNO4/c27-17-5-6-18-20(12-29(22(18)11-17)13-25(28)14-32-15-25)23(30)16-7-9-26(10-8-16)21-4-2-1-3-19(21)24(31)33-26/h1-6,11-12,16H,7-10,13-15H2. The molecular formula is C26H23ClFNO4. The molecule has 5 nitrogen and oxygen atoms in total. The maximum Gasteiger partial charge on any atom is 0.339 e. The van der Waals surface area contributed by atoms with Crippen molar-refractivity contribution < 1.29 is 23.5 Å². The van der Waals surface area contributed by atoms with E-state index < -0.39 is 11.3 Å². The van der Waals surface area contributed by atoms with Crippen molar-refractivity contribution in [2.24, 2.45) is 5.92 Å². The van der Waals surface area contributed by atoms with Crippen molar-refractivity contribution in [3.05, 3.63) is 70.4 Å². The van der Waals surface area contributed by atoms with Crippen molar-refractivity contribution in [1.82, 2.24) is 4.57 Å². The molecule has 0 radical (unpaired) electrons. The number of Topliss-reactive ketones (excluding diaryl/α,β-unsaturated/α-hetero) is 1. The van der Waals surface area contributed by atoms with Gasteiger partial charge in [0.15, 0.2) is 11.5 Å². The lowest BCUT2D eigenvalue weighted by atomic mass is 9.73. The lowest BCUT2D eigenvalue weighted by molar-refractivity contribution is -0.136. The van der Waals surface area contributed by atoms with E-state index in [9.17, 15) is 14.0 Å². The fourth-order valence-electron chi connectivity index (χ4n) is 5.60. The zero-order valence-electron chi connectivity index (χ0n) is 18.0. The van der Waals surface area contributed by atoms with E-state index in [-0.39, 0.29) is 37.4 Å². The highest BCUT2D eigenvalue weighted by Crippen LogP contribution is 2.48. The minimum Gasteiger partial charge on any atom is -0.451 e. The van der Waals surface area contributed by atoms with E-state index in [1.165, 1.54) is 0 Å². The second-order valence-electron chi connectivity index (χ2n) is 9.54. The molecule has 0 N–H and O–H groups in total. The molecule has 1 saturated carbocycles. The lowest BCUT2D eigenvalue weighted by Crippen LogP contribution is -2.48. The molecule has 0 unspecified atom stereocenters. The molecule has 2 aliphatic heterocycles. The average molecular weight is 468 g/mol. The van der Waals surface area contributed by atoms with Crippen LogP contribution in [0.3, 0.4) is 0 Å². The fraction of sp³-hybridized carbons (Fsp3) is 0.385. The zero-order valence-corrected chi connectivity index (χ0v) is 18.7. The van der Waals surface area contributed by atoms with Crippen LogP contribution in [0.4, 0.5) is 4.39 Å². The summed E-state index contributed by atoms with van der Waals surface area (Å²) >= 11 is 6.21. The number of fused-ring (bicyclic) bond motifs is 3. The topological polar surface area (TPSA) is 57.5 Å². The summed E-state index contributed by atoms with van der Waals surface area (Å²) in [7, 11) is 0. The second kappa shape index (κ2) is 7.40. The third-order valence-corrected chi connectivity index (χ3v) is 7.61. The van der Waals surface area contributed by atoms with Gasteiger partial charge in [-0.2, -0.15) is 0 Å². The normalized spacial score (nSPS) is 25.6. The van der Waals surface area contributed by atoms with Crippen molar-refractivity contribution in [3.63, 3.8) is 0 Å². The largest absolute Gasteiger partial charge is 0.451 e. The number of nitrogens with zero attached hydrogens (tertiary/aromatic N) is 1. The molecule has 1 aliphatic carbocycles. The van der Waals surface area contributed by atoms with E-state index in [0.29, 0.717) is 41.8 Å². The van der Waals surface area contributed by atoms with E-state index in [0.717, 1.165) is 16.5 Å². The van der Waals surface area contributed by atoms with E-state index in [4.69, 9.17) is 21.1 Å². The number of carbonyl (C=O) groups is 2. The average Bonchev–Trinajstić information content (AvgIpc) is 3.28. The number of benzene rings is 2. The van der Waals surface area contributed by atoms with Crippen LogP contribution in [-0.2, 0) is 21.6 Å².